The van der Waals surface area contributed by atoms with Crippen LogP contribution in [0.5, 0.6) is 11.5 Å². The Morgan fingerprint density at radius 3 is 2.44 bits per heavy atom. The highest BCUT2D eigenvalue weighted by molar-refractivity contribution is 14.1. The molecule has 0 aliphatic rings. The standard InChI is InChI=1S/C23H20ClF2IN2O4S/c1-23(2,24)34(31,32)29-17-4-3-5-18(12-17)33-20-10-15(25)9-14(21(20)22(28)30)8-13-6-7-16(27)11-19(13)26/h3-7,9-12,29H,8H2,1-2H3,(H2,28,30). The second-order valence-electron chi connectivity index (χ2n) is 7.81. The van der Waals surface area contributed by atoms with Crippen molar-refractivity contribution in [3.05, 3.63) is 86.5 Å². The molecule has 0 fully saturated rings. The van der Waals surface area contributed by atoms with E-state index in [1.54, 1.807) is 12.1 Å². The fourth-order valence-corrected chi connectivity index (χ4v) is 4.28. The molecule has 0 aliphatic heterocycles. The zero-order valence-electron chi connectivity index (χ0n) is 18.0. The lowest BCUT2D eigenvalue weighted by Crippen LogP contribution is -2.31. The predicted molar refractivity (Wildman–Crippen MR) is 136 cm³/mol. The third-order valence-corrected chi connectivity index (χ3v) is 7.81. The number of rotatable bonds is 8. The Morgan fingerprint density at radius 1 is 1.12 bits per heavy atom. The van der Waals surface area contributed by atoms with Gasteiger partial charge in [-0.2, -0.15) is 0 Å². The van der Waals surface area contributed by atoms with Crippen molar-refractivity contribution in [1.29, 1.82) is 0 Å². The molecule has 3 aromatic rings. The van der Waals surface area contributed by atoms with Crippen LogP contribution in [-0.2, 0) is 16.4 Å². The first-order valence-corrected chi connectivity index (χ1v) is 12.8. The Hall–Kier alpha value is -2.44. The molecule has 3 N–H and O–H groups in total. The van der Waals surface area contributed by atoms with Gasteiger partial charge in [0.25, 0.3) is 15.9 Å². The lowest BCUT2D eigenvalue weighted by Gasteiger charge is -2.19. The van der Waals surface area contributed by atoms with Crippen molar-refractivity contribution in [2.24, 2.45) is 5.73 Å². The topological polar surface area (TPSA) is 98.5 Å². The predicted octanol–water partition coefficient (Wildman–Crippen LogP) is 5.77. The first-order chi connectivity index (χ1) is 15.8. The van der Waals surface area contributed by atoms with Gasteiger partial charge in [-0.05, 0) is 77.9 Å². The highest BCUT2D eigenvalue weighted by atomic mass is 127. The van der Waals surface area contributed by atoms with Crippen LogP contribution in [0.2, 0.25) is 0 Å². The number of benzene rings is 3. The summed E-state index contributed by atoms with van der Waals surface area (Å²) in [5, 5.41) is 0. The molecule has 0 unspecified atom stereocenters. The van der Waals surface area contributed by atoms with Gasteiger partial charge >= 0.3 is 0 Å². The van der Waals surface area contributed by atoms with E-state index in [1.165, 1.54) is 44.2 Å². The molecule has 0 bridgehead atoms. The number of carbonyl (C=O) groups is 1. The van der Waals surface area contributed by atoms with Crippen LogP contribution in [0.15, 0.2) is 54.6 Å². The molecule has 0 spiro atoms. The van der Waals surface area contributed by atoms with Gasteiger partial charge in [-0.3, -0.25) is 9.52 Å². The van der Waals surface area contributed by atoms with Crippen LogP contribution >= 0.6 is 34.2 Å². The van der Waals surface area contributed by atoms with E-state index in [-0.39, 0.29) is 40.3 Å². The maximum absolute atomic E-state index is 14.4. The number of halogens is 4. The molecule has 11 heteroatoms. The van der Waals surface area contributed by atoms with Gasteiger partial charge in [-0.25, -0.2) is 17.2 Å². The molecule has 3 aromatic carbocycles. The summed E-state index contributed by atoms with van der Waals surface area (Å²) in [5.41, 5.74) is 5.97. The van der Waals surface area contributed by atoms with Crippen molar-refractivity contribution in [2.75, 3.05) is 4.72 Å². The maximum Gasteiger partial charge on any atom is 0.252 e. The number of amides is 1. The molecule has 1 amide bonds. The lowest BCUT2D eigenvalue weighted by atomic mass is 9.98. The highest BCUT2D eigenvalue weighted by Gasteiger charge is 2.31. The minimum absolute atomic E-state index is 0.0974. The van der Waals surface area contributed by atoms with Crippen molar-refractivity contribution in [3.8, 4) is 11.5 Å². The quantitative estimate of drug-likeness (QED) is 0.247. The molecule has 0 aliphatic carbocycles. The Balaban J connectivity index is 1.99. The summed E-state index contributed by atoms with van der Waals surface area (Å²) in [4.78, 5) is 12.3. The average molecular weight is 621 g/mol. The summed E-state index contributed by atoms with van der Waals surface area (Å²) >= 11 is 7.88. The number of hydrogen-bond donors (Lipinski definition) is 2. The average Bonchev–Trinajstić information content (AvgIpc) is 2.68. The summed E-state index contributed by atoms with van der Waals surface area (Å²) < 4.78 is 60.6. The van der Waals surface area contributed by atoms with E-state index in [1.807, 2.05) is 22.6 Å². The summed E-state index contributed by atoms with van der Waals surface area (Å²) in [7, 11) is -3.93. The highest BCUT2D eigenvalue weighted by Crippen LogP contribution is 2.33. The number of primary amides is 1. The molecular weight excluding hydrogens is 601 g/mol. The van der Waals surface area contributed by atoms with Crippen LogP contribution in [0.1, 0.15) is 35.3 Å². The number of nitrogens with two attached hydrogens (primary N) is 1. The summed E-state index contributed by atoms with van der Waals surface area (Å²) in [6.45, 7) is 2.64. The largest absolute Gasteiger partial charge is 0.456 e. The molecule has 0 atom stereocenters. The Kier molecular flexibility index (Phi) is 7.73. The lowest BCUT2D eigenvalue weighted by molar-refractivity contribution is 0.0997. The fraction of sp³-hybridized carbons (Fsp3) is 0.174. The number of nitrogens with one attached hydrogen (secondary N) is 1. The SMILES string of the molecule is CC(C)(Cl)S(=O)(=O)Nc1cccc(Oc2cc(F)cc(Cc3ccc(I)cc3F)c2C(N)=O)c1. The van der Waals surface area contributed by atoms with E-state index >= 15 is 0 Å². The zero-order valence-corrected chi connectivity index (χ0v) is 21.8. The molecular formula is C23H20ClF2IN2O4S. The first kappa shape index (κ1) is 26.2. The molecule has 6 nitrogen and oxygen atoms in total. The van der Waals surface area contributed by atoms with Gasteiger partial charge in [0.15, 0.2) is 4.21 Å². The van der Waals surface area contributed by atoms with Crippen LogP contribution < -0.4 is 15.2 Å². The minimum atomic E-state index is -3.93. The molecule has 0 radical (unpaired) electrons. The fourth-order valence-electron chi connectivity index (χ4n) is 3.03. The van der Waals surface area contributed by atoms with Crippen LogP contribution in [0.3, 0.4) is 0 Å². The van der Waals surface area contributed by atoms with Crippen molar-refractivity contribution >= 4 is 55.8 Å². The zero-order chi connectivity index (χ0) is 25.3. The Morgan fingerprint density at radius 2 is 1.82 bits per heavy atom. The molecule has 0 aromatic heterocycles. The van der Waals surface area contributed by atoms with Crippen LogP contribution in [0.25, 0.3) is 0 Å². The van der Waals surface area contributed by atoms with Gasteiger partial charge in [0.05, 0.1) is 11.3 Å². The molecule has 0 saturated carbocycles. The second-order valence-corrected chi connectivity index (χ2v) is 12.5. The van der Waals surface area contributed by atoms with Crippen LogP contribution in [-0.4, -0.2) is 18.5 Å². The second kappa shape index (κ2) is 10.0. The number of carbonyl (C=O) groups excluding carboxylic acids is 1. The number of anilines is 1. The Labute approximate surface area is 214 Å². The van der Waals surface area contributed by atoms with E-state index in [0.29, 0.717) is 3.57 Å². The molecule has 3 rings (SSSR count). The van der Waals surface area contributed by atoms with Crippen molar-refractivity contribution in [3.63, 3.8) is 0 Å². The summed E-state index contributed by atoms with van der Waals surface area (Å²) in [6.07, 6.45) is -0.0974. The molecule has 0 heterocycles. The first-order valence-electron chi connectivity index (χ1n) is 9.82. The monoisotopic (exact) mass is 620 g/mol. The van der Waals surface area contributed by atoms with Crippen LogP contribution in [0.4, 0.5) is 14.5 Å². The molecule has 0 saturated heterocycles. The van der Waals surface area contributed by atoms with Gasteiger partial charge in [0.2, 0.25) is 0 Å². The number of ether oxygens (including phenoxy) is 1. The number of alkyl halides is 1. The van der Waals surface area contributed by atoms with E-state index in [4.69, 9.17) is 22.1 Å². The third-order valence-electron chi connectivity index (χ3n) is 4.74. The summed E-state index contributed by atoms with van der Waals surface area (Å²) in [5.74, 6) is -2.20. The van der Waals surface area contributed by atoms with Crippen molar-refractivity contribution < 1.29 is 26.7 Å². The Bertz CT molecular complexity index is 1360. The van der Waals surface area contributed by atoms with E-state index in [0.717, 1.165) is 12.1 Å². The smallest absolute Gasteiger partial charge is 0.252 e. The van der Waals surface area contributed by atoms with E-state index in [9.17, 15) is 22.0 Å². The van der Waals surface area contributed by atoms with Gasteiger partial charge < -0.3 is 10.5 Å². The van der Waals surface area contributed by atoms with Gasteiger partial charge in [-0.15, -0.1) is 11.6 Å². The maximum atomic E-state index is 14.4. The van der Waals surface area contributed by atoms with Crippen LogP contribution in [0, 0.1) is 15.2 Å². The van der Waals surface area contributed by atoms with Gasteiger partial charge in [0.1, 0.15) is 23.1 Å². The molecule has 34 heavy (non-hydrogen) atoms. The van der Waals surface area contributed by atoms with Crippen molar-refractivity contribution in [2.45, 2.75) is 24.5 Å². The van der Waals surface area contributed by atoms with E-state index in [2.05, 4.69) is 4.72 Å². The van der Waals surface area contributed by atoms with Gasteiger partial charge in [0, 0.05) is 22.1 Å². The summed E-state index contributed by atoms with van der Waals surface area (Å²) in [6, 6.07) is 12.4. The third kappa shape index (κ3) is 6.16. The minimum Gasteiger partial charge on any atom is -0.456 e. The van der Waals surface area contributed by atoms with Crippen molar-refractivity contribution in [1.82, 2.24) is 0 Å². The normalized spacial score (nSPS) is 11.8. The number of sulfonamides is 1. The van der Waals surface area contributed by atoms with E-state index < -0.39 is 31.8 Å². The molecule has 180 valence electrons. The van der Waals surface area contributed by atoms with Gasteiger partial charge in [-0.1, -0.05) is 12.1 Å². The number of hydrogen-bond acceptors (Lipinski definition) is 4.